The van der Waals surface area contributed by atoms with Gasteiger partial charge in [-0.15, -0.1) is 0 Å². The van der Waals surface area contributed by atoms with Crippen molar-refractivity contribution in [2.75, 3.05) is 0 Å². The first-order chi connectivity index (χ1) is 7.93. The van der Waals surface area contributed by atoms with Crippen LogP contribution in [0.1, 0.15) is 0 Å². The maximum atomic E-state index is 2.21. The maximum Gasteiger partial charge on any atom is 1.00 e. The van der Waals surface area contributed by atoms with E-state index in [1.807, 2.05) is 0 Å². The van der Waals surface area contributed by atoms with Gasteiger partial charge in [0.2, 0.25) is 0 Å². The van der Waals surface area contributed by atoms with Crippen molar-refractivity contribution in [3.63, 3.8) is 0 Å². The van der Waals surface area contributed by atoms with Gasteiger partial charge in [-0.3, -0.25) is 0 Å². The summed E-state index contributed by atoms with van der Waals surface area (Å²) >= 11 is 0. The number of hydrogen-bond acceptors (Lipinski definition) is 1. The van der Waals surface area contributed by atoms with Gasteiger partial charge in [0.1, 0.15) is 0 Å². The van der Waals surface area contributed by atoms with E-state index in [2.05, 4.69) is 60.7 Å². The van der Waals surface area contributed by atoms with Gasteiger partial charge in [0.15, 0.2) is 0 Å². The summed E-state index contributed by atoms with van der Waals surface area (Å²) in [6, 6.07) is 21.9. The fourth-order valence-corrected chi connectivity index (χ4v) is 2.67. The molecule has 0 bridgehead atoms. The van der Waals surface area contributed by atoms with Gasteiger partial charge in [0, 0.05) is 0 Å². The molecule has 2 heteroatoms. The first kappa shape index (κ1) is 13.9. The molecule has 0 aliphatic rings. The summed E-state index contributed by atoms with van der Waals surface area (Å²) in [4.78, 5) is 0. The molecule has 1 nitrogen and oxygen atoms in total. The van der Waals surface area contributed by atoms with Crippen molar-refractivity contribution in [2.45, 2.75) is 0 Å². The van der Waals surface area contributed by atoms with Crippen molar-refractivity contribution >= 4 is 32.3 Å². The predicted octanol–water partition coefficient (Wildman–Crippen LogP) is 1.41. The molecule has 0 unspecified atom stereocenters. The Hall–Kier alpha value is -0.484. The summed E-state index contributed by atoms with van der Waals surface area (Å²) in [6.07, 6.45) is 0. The second kappa shape index (κ2) is 5.25. The molecular formula is C16H11KO. The topological polar surface area (TPSA) is 30.0 Å². The summed E-state index contributed by atoms with van der Waals surface area (Å²) in [7, 11) is 0. The molecule has 0 atom stereocenters. The normalized spacial score (nSPS) is 10.4. The van der Waals surface area contributed by atoms with Crippen LogP contribution in [-0.2, 0) is 0 Å². The zero-order valence-corrected chi connectivity index (χ0v) is 13.3. The largest absolute Gasteiger partial charge is 1.00 e. The molecule has 0 heterocycles. The molecule has 0 aromatic heterocycles. The number of rotatable bonds is 0. The Morgan fingerprint density at radius 1 is 0.444 bits per heavy atom. The third-order valence-corrected chi connectivity index (χ3v) is 3.39. The van der Waals surface area contributed by atoms with Crippen LogP contribution < -0.4 is 51.4 Å². The average Bonchev–Trinajstić information content (AvgIpc) is 2.36. The van der Waals surface area contributed by atoms with Gasteiger partial charge in [-0.1, -0.05) is 60.7 Å². The zero-order valence-electron chi connectivity index (χ0n) is 10.2. The van der Waals surface area contributed by atoms with Crippen molar-refractivity contribution in [3.8, 4) is 0 Å². The van der Waals surface area contributed by atoms with Gasteiger partial charge in [-0.05, 0) is 32.3 Å². The Morgan fingerprint density at radius 2 is 0.722 bits per heavy atom. The number of hydrogen-bond donors (Lipinski definition) is 0. The van der Waals surface area contributed by atoms with Gasteiger partial charge in [0.25, 0.3) is 0 Å². The predicted molar refractivity (Wildman–Crippen MR) is 72.1 cm³/mol. The van der Waals surface area contributed by atoms with Crippen molar-refractivity contribution in [1.29, 1.82) is 0 Å². The van der Waals surface area contributed by atoms with Gasteiger partial charge in [0.05, 0.1) is 0 Å². The van der Waals surface area contributed by atoms with Gasteiger partial charge < -0.3 is 5.48 Å². The second-order valence-corrected chi connectivity index (χ2v) is 4.29. The minimum Gasteiger partial charge on any atom is -0.870 e. The van der Waals surface area contributed by atoms with Crippen molar-refractivity contribution in [3.05, 3.63) is 60.7 Å². The van der Waals surface area contributed by atoms with Crippen LogP contribution in [0.2, 0.25) is 0 Å². The number of benzene rings is 4. The Morgan fingerprint density at radius 3 is 1.00 bits per heavy atom. The second-order valence-electron chi connectivity index (χ2n) is 4.29. The SMILES string of the molecule is [K+].[OH-].c1cc2ccc3cccc4ccc(c1)c2c34. The molecule has 0 saturated carbocycles. The van der Waals surface area contributed by atoms with Crippen LogP contribution in [0.5, 0.6) is 0 Å². The Labute approximate surface area is 148 Å². The first-order valence-corrected chi connectivity index (χ1v) is 5.56. The molecule has 0 spiro atoms. The van der Waals surface area contributed by atoms with Crippen LogP contribution in [0, 0.1) is 0 Å². The van der Waals surface area contributed by atoms with E-state index in [1.54, 1.807) is 0 Å². The average molecular weight is 258 g/mol. The summed E-state index contributed by atoms with van der Waals surface area (Å²) in [5.41, 5.74) is 0. The van der Waals surface area contributed by atoms with E-state index in [4.69, 9.17) is 0 Å². The zero-order chi connectivity index (χ0) is 10.5. The molecule has 82 valence electrons. The summed E-state index contributed by atoms with van der Waals surface area (Å²) < 4.78 is 0. The van der Waals surface area contributed by atoms with Crippen molar-refractivity contribution in [1.82, 2.24) is 0 Å². The molecule has 0 fully saturated rings. The van der Waals surface area contributed by atoms with E-state index in [-0.39, 0.29) is 56.9 Å². The molecule has 1 N–H and O–H groups in total. The fourth-order valence-electron chi connectivity index (χ4n) is 2.67. The van der Waals surface area contributed by atoms with Crippen LogP contribution in [0.3, 0.4) is 0 Å². The van der Waals surface area contributed by atoms with Crippen molar-refractivity contribution < 1.29 is 56.9 Å². The minimum atomic E-state index is 0. The van der Waals surface area contributed by atoms with Crippen LogP contribution in [-0.4, -0.2) is 5.48 Å². The van der Waals surface area contributed by atoms with Crippen LogP contribution in [0.4, 0.5) is 0 Å². The molecule has 4 rings (SSSR count). The van der Waals surface area contributed by atoms with E-state index in [9.17, 15) is 0 Å². The molecule has 0 saturated heterocycles. The van der Waals surface area contributed by atoms with E-state index in [1.165, 1.54) is 32.3 Å². The smallest absolute Gasteiger partial charge is 0.870 e. The Balaban J connectivity index is 0.000000602. The van der Waals surface area contributed by atoms with Gasteiger partial charge >= 0.3 is 51.4 Å². The quantitative estimate of drug-likeness (QED) is 0.346. The van der Waals surface area contributed by atoms with E-state index in [0.717, 1.165) is 0 Å². The molecule has 0 radical (unpaired) electrons. The molecule has 18 heavy (non-hydrogen) atoms. The first-order valence-electron chi connectivity index (χ1n) is 5.56. The van der Waals surface area contributed by atoms with Gasteiger partial charge in [-0.2, -0.15) is 0 Å². The van der Waals surface area contributed by atoms with Crippen molar-refractivity contribution in [2.24, 2.45) is 0 Å². The van der Waals surface area contributed by atoms with E-state index < -0.39 is 0 Å². The van der Waals surface area contributed by atoms with Crippen LogP contribution in [0.25, 0.3) is 32.3 Å². The standard InChI is InChI=1S/C16H10.K.H2O/c1-3-11-7-9-13-5-2-6-14-10-8-12(4-1)15(11)16(13)14;;/h1-10H;;1H2/q;+1;/p-1. The monoisotopic (exact) mass is 258 g/mol. The molecule has 4 aromatic carbocycles. The third-order valence-electron chi connectivity index (χ3n) is 3.39. The fraction of sp³-hybridized carbons (Fsp3) is 0. The van der Waals surface area contributed by atoms with E-state index >= 15 is 0 Å². The maximum absolute atomic E-state index is 2.21. The summed E-state index contributed by atoms with van der Waals surface area (Å²) in [5.74, 6) is 0. The minimum absolute atomic E-state index is 0. The van der Waals surface area contributed by atoms with E-state index in [0.29, 0.717) is 0 Å². The van der Waals surface area contributed by atoms with Gasteiger partial charge in [-0.25, -0.2) is 0 Å². The van der Waals surface area contributed by atoms with Crippen LogP contribution in [0.15, 0.2) is 60.7 Å². The molecule has 0 aliphatic heterocycles. The van der Waals surface area contributed by atoms with Crippen LogP contribution >= 0.6 is 0 Å². The third kappa shape index (κ3) is 1.90. The molecule has 0 aliphatic carbocycles. The Kier molecular flexibility index (Phi) is 4.07. The molecule has 0 amide bonds. The summed E-state index contributed by atoms with van der Waals surface area (Å²) in [5, 5.41) is 8.14. The molecule has 4 aromatic rings. The molecular weight excluding hydrogens is 247 g/mol. The summed E-state index contributed by atoms with van der Waals surface area (Å²) in [6.45, 7) is 0. The Bertz CT molecular complexity index is 678.